The van der Waals surface area contributed by atoms with Crippen molar-refractivity contribution in [3.63, 3.8) is 0 Å². The lowest BCUT2D eigenvalue weighted by molar-refractivity contribution is -0.0241. The first kappa shape index (κ1) is 18.8. The number of halogens is 1. The number of amides is 1. The van der Waals surface area contributed by atoms with Crippen molar-refractivity contribution < 1.29 is 19.0 Å². The van der Waals surface area contributed by atoms with Crippen molar-refractivity contribution in [3.05, 3.63) is 53.7 Å². The molecular weight excluding hydrogens is 363 g/mol. The average molecular weight is 386 g/mol. The Balaban J connectivity index is 1.45. The predicted octanol–water partition coefficient (Wildman–Crippen LogP) is 1.58. The summed E-state index contributed by atoms with van der Waals surface area (Å²) in [6.45, 7) is 3.48. The maximum atomic E-state index is 14.0. The van der Waals surface area contributed by atoms with Gasteiger partial charge in [-0.25, -0.2) is 9.97 Å². The Morgan fingerprint density at radius 1 is 1.11 bits per heavy atom. The van der Waals surface area contributed by atoms with Crippen molar-refractivity contribution >= 4 is 11.7 Å². The summed E-state index contributed by atoms with van der Waals surface area (Å²) in [5.41, 5.74) is -0.540. The number of carbonyl (C=O) groups excluding carboxylic acids is 1. The number of rotatable bonds is 3. The van der Waals surface area contributed by atoms with Gasteiger partial charge in [-0.1, -0.05) is 6.07 Å². The Morgan fingerprint density at radius 2 is 1.86 bits per heavy atom. The van der Waals surface area contributed by atoms with Crippen LogP contribution < -0.4 is 4.90 Å². The lowest BCUT2D eigenvalue weighted by atomic mass is 9.85. The molecule has 0 spiro atoms. The molecule has 4 rings (SSSR count). The van der Waals surface area contributed by atoms with Gasteiger partial charge >= 0.3 is 0 Å². The highest BCUT2D eigenvalue weighted by Crippen LogP contribution is 2.34. The summed E-state index contributed by atoms with van der Waals surface area (Å²) in [7, 11) is 0. The molecule has 4 heterocycles. The second-order valence-electron chi connectivity index (χ2n) is 7.17. The van der Waals surface area contributed by atoms with Crippen molar-refractivity contribution in [2.75, 3.05) is 44.3 Å². The number of aliphatic hydroxyl groups is 1. The third-order valence-corrected chi connectivity index (χ3v) is 5.47. The van der Waals surface area contributed by atoms with E-state index in [1.165, 1.54) is 6.20 Å². The van der Waals surface area contributed by atoms with E-state index in [0.29, 0.717) is 31.9 Å². The van der Waals surface area contributed by atoms with Crippen LogP contribution in [-0.2, 0) is 10.3 Å². The lowest BCUT2D eigenvalue weighted by Crippen LogP contribution is -2.45. The molecule has 8 heteroatoms. The van der Waals surface area contributed by atoms with Crippen LogP contribution in [0.2, 0.25) is 0 Å². The molecule has 148 valence electrons. The van der Waals surface area contributed by atoms with Crippen LogP contribution in [0.15, 0.2) is 36.7 Å². The molecule has 7 nitrogen and oxygen atoms in total. The van der Waals surface area contributed by atoms with Gasteiger partial charge in [-0.2, -0.15) is 4.39 Å². The largest absolute Gasteiger partial charge is 0.385 e. The van der Waals surface area contributed by atoms with Gasteiger partial charge in [-0.3, -0.25) is 4.79 Å². The standard InChI is InChI=1S/C20H23FN4O3/c21-18-16(2-1-6-23-18)20(27)4-8-25(9-5-20)19(26)15-3-7-22-17(14-15)24-10-12-28-13-11-24/h1-3,6-7,14,27H,4-5,8-13H2. The highest BCUT2D eigenvalue weighted by molar-refractivity contribution is 5.95. The van der Waals surface area contributed by atoms with Crippen molar-refractivity contribution in [3.8, 4) is 0 Å². The average Bonchev–Trinajstić information content (AvgIpc) is 2.75. The number of hydrogen-bond donors (Lipinski definition) is 1. The Labute approximate surface area is 162 Å². The number of nitrogens with zero attached hydrogens (tertiary/aromatic N) is 4. The summed E-state index contributed by atoms with van der Waals surface area (Å²) in [6.07, 6.45) is 3.53. The van der Waals surface area contributed by atoms with E-state index in [1.54, 1.807) is 35.4 Å². The zero-order chi connectivity index (χ0) is 19.6. The number of hydrogen-bond acceptors (Lipinski definition) is 6. The predicted molar refractivity (Wildman–Crippen MR) is 100 cm³/mol. The molecule has 2 fully saturated rings. The summed E-state index contributed by atoms with van der Waals surface area (Å²) >= 11 is 0. The first-order chi connectivity index (χ1) is 13.6. The number of pyridine rings is 2. The molecule has 2 aromatic heterocycles. The summed E-state index contributed by atoms with van der Waals surface area (Å²) in [5.74, 6) is -0.000207. The molecular formula is C20H23FN4O3. The second kappa shape index (κ2) is 7.81. The summed E-state index contributed by atoms with van der Waals surface area (Å²) < 4.78 is 19.3. The van der Waals surface area contributed by atoms with E-state index >= 15 is 0 Å². The molecule has 0 aliphatic carbocycles. The van der Waals surface area contributed by atoms with E-state index in [2.05, 4.69) is 14.9 Å². The Kier molecular flexibility index (Phi) is 5.23. The van der Waals surface area contributed by atoms with E-state index in [-0.39, 0.29) is 24.3 Å². The van der Waals surface area contributed by atoms with Gasteiger partial charge in [-0.05, 0) is 31.0 Å². The monoisotopic (exact) mass is 386 g/mol. The lowest BCUT2D eigenvalue weighted by Gasteiger charge is -2.38. The molecule has 0 aromatic carbocycles. The van der Waals surface area contributed by atoms with Gasteiger partial charge < -0.3 is 19.6 Å². The number of anilines is 1. The van der Waals surface area contributed by atoms with Crippen LogP contribution in [0.3, 0.4) is 0 Å². The molecule has 0 unspecified atom stereocenters. The zero-order valence-electron chi connectivity index (χ0n) is 15.6. The fourth-order valence-corrected chi connectivity index (χ4v) is 3.78. The SMILES string of the molecule is O=C(c1ccnc(N2CCOCC2)c1)N1CCC(O)(c2cccnc2F)CC1. The van der Waals surface area contributed by atoms with Gasteiger partial charge in [-0.15, -0.1) is 0 Å². The molecule has 2 aromatic rings. The third kappa shape index (κ3) is 3.70. The van der Waals surface area contributed by atoms with Crippen LogP contribution in [0.5, 0.6) is 0 Å². The molecule has 0 saturated carbocycles. The van der Waals surface area contributed by atoms with Gasteiger partial charge in [0, 0.05) is 49.7 Å². The van der Waals surface area contributed by atoms with Crippen LogP contribution in [0.25, 0.3) is 0 Å². The van der Waals surface area contributed by atoms with E-state index in [4.69, 9.17) is 4.74 Å². The summed E-state index contributed by atoms with van der Waals surface area (Å²) in [6, 6.07) is 6.67. The molecule has 28 heavy (non-hydrogen) atoms. The van der Waals surface area contributed by atoms with Gasteiger partial charge in [0.15, 0.2) is 0 Å². The van der Waals surface area contributed by atoms with Gasteiger partial charge in [0.25, 0.3) is 5.91 Å². The Bertz CT molecular complexity index is 849. The molecule has 1 N–H and O–H groups in total. The number of ether oxygens (including phenoxy) is 1. The van der Waals surface area contributed by atoms with E-state index in [9.17, 15) is 14.3 Å². The molecule has 1 amide bonds. The highest BCUT2D eigenvalue weighted by atomic mass is 19.1. The van der Waals surface area contributed by atoms with Gasteiger partial charge in [0.05, 0.1) is 18.8 Å². The van der Waals surface area contributed by atoms with Crippen molar-refractivity contribution in [2.45, 2.75) is 18.4 Å². The van der Waals surface area contributed by atoms with Crippen LogP contribution in [-0.4, -0.2) is 65.3 Å². The first-order valence-corrected chi connectivity index (χ1v) is 9.48. The third-order valence-electron chi connectivity index (χ3n) is 5.47. The minimum atomic E-state index is -1.30. The normalized spacial score (nSPS) is 19.5. The maximum Gasteiger partial charge on any atom is 0.254 e. The topological polar surface area (TPSA) is 78.8 Å². The molecule has 0 bridgehead atoms. The Hall–Kier alpha value is -2.58. The smallest absolute Gasteiger partial charge is 0.254 e. The van der Waals surface area contributed by atoms with Crippen LogP contribution in [0, 0.1) is 5.95 Å². The van der Waals surface area contributed by atoms with Crippen LogP contribution >= 0.6 is 0 Å². The molecule has 0 radical (unpaired) electrons. The molecule has 2 aliphatic rings. The van der Waals surface area contributed by atoms with E-state index < -0.39 is 11.5 Å². The van der Waals surface area contributed by atoms with Crippen molar-refractivity contribution in [2.24, 2.45) is 0 Å². The minimum absolute atomic E-state index is 0.106. The number of piperidine rings is 1. The fourth-order valence-electron chi connectivity index (χ4n) is 3.78. The van der Waals surface area contributed by atoms with E-state index in [1.807, 2.05) is 0 Å². The van der Waals surface area contributed by atoms with E-state index in [0.717, 1.165) is 18.9 Å². The van der Waals surface area contributed by atoms with Crippen molar-refractivity contribution in [1.82, 2.24) is 14.9 Å². The quantitative estimate of drug-likeness (QED) is 0.807. The number of morpholine rings is 1. The molecule has 2 saturated heterocycles. The summed E-state index contributed by atoms with van der Waals surface area (Å²) in [4.78, 5) is 24.7. The van der Waals surface area contributed by atoms with Gasteiger partial charge in [0.2, 0.25) is 5.95 Å². The fraction of sp³-hybridized carbons (Fsp3) is 0.450. The van der Waals surface area contributed by atoms with Crippen LogP contribution in [0.1, 0.15) is 28.8 Å². The van der Waals surface area contributed by atoms with Gasteiger partial charge in [0.1, 0.15) is 5.82 Å². The molecule has 2 aliphatic heterocycles. The van der Waals surface area contributed by atoms with Crippen LogP contribution in [0.4, 0.5) is 10.2 Å². The minimum Gasteiger partial charge on any atom is -0.385 e. The number of likely N-dealkylation sites (tertiary alicyclic amines) is 1. The Morgan fingerprint density at radius 3 is 2.57 bits per heavy atom. The summed E-state index contributed by atoms with van der Waals surface area (Å²) in [5, 5.41) is 10.9. The molecule has 0 atom stereocenters. The zero-order valence-corrected chi connectivity index (χ0v) is 15.6. The first-order valence-electron chi connectivity index (χ1n) is 9.48. The highest BCUT2D eigenvalue weighted by Gasteiger charge is 2.38. The number of carbonyl (C=O) groups is 1. The van der Waals surface area contributed by atoms with Crippen molar-refractivity contribution in [1.29, 1.82) is 0 Å². The maximum absolute atomic E-state index is 14.0. The number of aromatic nitrogens is 2. The second-order valence-corrected chi connectivity index (χ2v) is 7.17.